The molecule has 1 aromatic heterocycles. The summed E-state index contributed by atoms with van der Waals surface area (Å²) < 4.78 is 9.89. The molecule has 132 valence electrons. The number of ether oxygens (including phenoxy) is 1. The molecule has 0 radical (unpaired) electrons. The fourth-order valence-electron chi connectivity index (χ4n) is 2.37. The molecule has 1 heterocycles. The van der Waals surface area contributed by atoms with Gasteiger partial charge in [0.15, 0.2) is 0 Å². The maximum Gasteiger partial charge on any atom is 0.339 e. The molecule has 7 nitrogen and oxygen atoms in total. The number of nitrogens with zero attached hydrogens (tertiary/aromatic N) is 2. The number of rotatable bonds is 6. The minimum absolute atomic E-state index is 0.145. The second-order valence-electron chi connectivity index (χ2n) is 5.46. The molecule has 26 heavy (non-hydrogen) atoms. The van der Waals surface area contributed by atoms with E-state index in [2.05, 4.69) is 15.5 Å². The van der Waals surface area contributed by atoms with Gasteiger partial charge in [0.25, 0.3) is 0 Å². The Hall–Kier alpha value is -3.48. The van der Waals surface area contributed by atoms with Crippen LogP contribution in [0, 0.1) is 0 Å². The maximum absolute atomic E-state index is 12.2. The smallest absolute Gasteiger partial charge is 0.339 e. The van der Waals surface area contributed by atoms with Crippen LogP contribution < -0.4 is 5.32 Å². The molecule has 3 aromatic rings. The summed E-state index contributed by atoms with van der Waals surface area (Å²) in [5.41, 5.74) is 1.55. The lowest BCUT2D eigenvalue weighted by Crippen LogP contribution is -2.15. The lowest BCUT2D eigenvalue weighted by Gasteiger charge is -2.08. The van der Waals surface area contributed by atoms with Gasteiger partial charge in [-0.2, -0.15) is 4.98 Å². The molecule has 3 rings (SSSR count). The second-order valence-corrected chi connectivity index (χ2v) is 5.46. The number of carbonyl (C=O) groups is 2. The van der Waals surface area contributed by atoms with Crippen LogP contribution in [0.25, 0.3) is 11.4 Å². The predicted molar refractivity (Wildman–Crippen MR) is 94.5 cm³/mol. The molecule has 0 aliphatic carbocycles. The molecule has 0 fully saturated rings. The first-order valence-corrected chi connectivity index (χ1v) is 8.02. The molecule has 0 atom stereocenters. The number of carbonyl (C=O) groups excluding carboxylic acids is 2. The standard InChI is InChI=1S/C19H17N3O4/c1-25-19(24)14-9-5-6-10-15(14)20-16(23)11-12-17-21-18(22-26-17)13-7-3-2-4-8-13/h2-10H,11-12H2,1H3,(H,20,23). The zero-order valence-electron chi connectivity index (χ0n) is 14.1. The van der Waals surface area contributed by atoms with E-state index in [1.54, 1.807) is 24.3 Å². The number of hydrogen-bond donors (Lipinski definition) is 1. The van der Waals surface area contributed by atoms with Crippen molar-refractivity contribution in [3.63, 3.8) is 0 Å². The molecule has 7 heteroatoms. The SMILES string of the molecule is COC(=O)c1ccccc1NC(=O)CCc1nc(-c2ccccc2)no1. The second kappa shape index (κ2) is 8.06. The summed E-state index contributed by atoms with van der Waals surface area (Å²) >= 11 is 0. The van der Waals surface area contributed by atoms with Gasteiger partial charge in [-0.3, -0.25) is 4.79 Å². The average Bonchev–Trinajstić information content (AvgIpc) is 3.16. The van der Waals surface area contributed by atoms with Crippen molar-refractivity contribution in [2.45, 2.75) is 12.8 Å². The van der Waals surface area contributed by atoms with Crippen LogP contribution in [0.15, 0.2) is 59.1 Å². The number of aryl methyl sites for hydroxylation is 1. The van der Waals surface area contributed by atoms with Gasteiger partial charge in [0.2, 0.25) is 17.6 Å². The molecule has 0 saturated heterocycles. The Balaban J connectivity index is 1.60. The van der Waals surface area contributed by atoms with Crippen LogP contribution in [0.3, 0.4) is 0 Å². The number of anilines is 1. The van der Waals surface area contributed by atoms with Crippen LogP contribution in [-0.2, 0) is 16.0 Å². The molecule has 1 N–H and O–H groups in total. The first-order chi connectivity index (χ1) is 12.7. The quantitative estimate of drug-likeness (QED) is 0.686. The Morgan fingerprint density at radius 3 is 2.58 bits per heavy atom. The molecule has 0 bridgehead atoms. The molecule has 1 amide bonds. The molecule has 0 spiro atoms. The molecular weight excluding hydrogens is 334 g/mol. The van der Waals surface area contributed by atoms with Gasteiger partial charge in [0.1, 0.15) is 0 Å². The molecule has 0 aliphatic heterocycles. The highest BCUT2D eigenvalue weighted by molar-refractivity contribution is 6.01. The van der Waals surface area contributed by atoms with E-state index in [1.807, 2.05) is 30.3 Å². The van der Waals surface area contributed by atoms with E-state index in [4.69, 9.17) is 9.26 Å². The third kappa shape index (κ3) is 4.13. The largest absolute Gasteiger partial charge is 0.465 e. The van der Waals surface area contributed by atoms with Crippen molar-refractivity contribution in [3.05, 3.63) is 66.1 Å². The van der Waals surface area contributed by atoms with Crippen LogP contribution in [-0.4, -0.2) is 29.1 Å². The summed E-state index contributed by atoms with van der Waals surface area (Å²) in [6.07, 6.45) is 0.442. The maximum atomic E-state index is 12.2. The van der Waals surface area contributed by atoms with Gasteiger partial charge in [-0.05, 0) is 12.1 Å². The summed E-state index contributed by atoms with van der Waals surface area (Å²) in [5, 5.41) is 6.62. The molecule has 0 aliphatic rings. The Kier molecular flexibility index (Phi) is 5.38. The summed E-state index contributed by atoms with van der Waals surface area (Å²) in [4.78, 5) is 28.2. The first kappa shape index (κ1) is 17.3. The van der Waals surface area contributed by atoms with E-state index < -0.39 is 5.97 Å². The highest BCUT2D eigenvalue weighted by Gasteiger charge is 2.14. The lowest BCUT2D eigenvalue weighted by molar-refractivity contribution is -0.116. The number of para-hydroxylation sites is 1. The van der Waals surface area contributed by atoms with Crippen molar-refractivity contribution in [1.29, 1.82) is 0 Å². The minimum atomic E-state index is -0.509. The summed E-state index contributed by atoms with van der Waals surface area (Å²) in [7, 11) is 1.29. The highest BCUT2D eigenvalue weighted by Crippen LogP contribution is 2.18. The molecular formula is C19H17N3O4. The van der Waals surface area contributed by atoms with Gasteiger partial charge in [-0.15, -0.1) is 0 Å². The summed E-state index contributed by atoms with van der Waals surface area (Å²) in [6, 6.07) is 16.1. The van der Waals surface area contributed by atoms with E-state index >= 15 is 0 Å². The highest BCUT2D eigenvalue weighted by atomic mass is 16.5. The Bertz CT molecular complexity index is 906. The molecule has 0 saturated carbocycles. The fourth-order valence-corrected chi connectivity index (χ4v) is 2.37. The van der Waals surface area contributed by atoms with E-state index in [1.165, 1.54) is 7.11 Å². The Morgan fingerprint density at radius 1 is 1.08 bits per heavy atom. The fraction of sp³-hybridized carbons (Fsp3) is 0.158. The zero-order chi connectivity index (χ0) is 18.4. The van der Waals surface area contributed by atoms with Crippen LogP contribution >= 0.6 is 0 Å². The van der Waals surface area contributed by atoms with Gasteiger partial charge in [-0.1, -0.05) is 47.6 Å². The van der Waals surface area contributed by atoms with Gasteiger partial charge < -0.3 is 14.6 Å². The van der Waals surface area contributed by atoms with Crippen molar-refractivity contribution in [3.8, 4) is 11.4 Å². The summed E-state index contributed by atoms with van der Waals surface area (Å²) in [5.74, 6) is 0.0865. The van der Waals surface area contributed by atoms with Gasteiger partial charge in [-0.25, -0.2) is 4.79 Å². The topological polar surface area (TPSA) is 94.3 Å². The van der Waals surface area contributed by atoms with E-state index in [0.29, 0.717) is 29.4 Å². The van der Waals surface area contributed by atoms with Crippen LogP contribution in [0.2, 0.25) is 0 Å². The van der Waals surface area contributed by atoms with Crippen molar-refractivity contribution in [2.75, 3.05) is 12.4 Å². The number of esters is 1. The average molecular weight is 351 g/mol. The van der Waals surface area contributed by atoms with Crippen molar-refractivity contribution in [2.24, 2.45) is 0 Å². The molecule has 0 unspecified atom stereocenters. The van der Waals surface area contributed by atoms with Crippen molar-refractivity contribution < 1.29 is 18.8 Å². The number of nitrogens with one attached hydrogen (secondary N) is 1. The van der Waals surface area contributed by atoms with Crippen molar-refractivity contribution in [1.82, 2.24) is 10.1 Å². The Labute approximate surface area is 150 Å². The lowest BCUT2D eigenvalue weighted by atomic mass is 10.1. The van der Waals surface area contributed by atoms with E-state index in [0.717, 1.165) is 5.56 Å². The first-order valence-electron chi connectivity index (χ1n) is 8.02. The van der Waals surface area contributed by atoms with Crippen molar-refractivity contribution >= 4 is 17.6 Å². The predicted octanol–water partition coefficient (Wildman–Crippen LogP) is 3.09. The third-order valence-electron chi connectivity index (χ3n) is 3.67. The third-order valence-corrected chi connectivity index (χ3v) is 3.67. The Morgan fingerprint density at radius 2 is 1.81 bits per heavy atom. The normalized spacial score (nSPS) is 10.3. The van der Waals surface area contributed by atoms with Gasteiger partial charge in [0.05, 0.1) is 18.4 Å². The minimum Gasteiger partial charge on any atom is -0.465 e. The number of hydrogen-bond acceptors (Lipinski definition) is 6. The van der Waals surface area contributed by atoms with Crippen LogP contribution in [0.1, 0.15) is 22.7 Å². The summed E-state index contributed by atoms with van der Waals surface area (Å²) in [6.45, 7) is 0. The van der Waals surface area contributed by atoms with E-state index in [-0.39, 0.29) is 12.3 Å². The van der Waals surface area contributed by atoms with E-state index in [9.17, 15) is 9.59 Å². The number of benzene rings is 2. The number of methoxy groups -OCH3 is 1. The van der Waals surface area contributed by atoms with Crippen LogP contribution in [0.4, 0.5) is 5.69 Å². The molecule has 2 aromatic carbocycles. The monoisotopic (exact) mass is 351 g/mol. The van der Waals surface area contributed by atoms with Gasteiger partial charge >= 0.3 is 5.97 Å². The zero-order valence-corrected chi connectivity index (χ0v) is 14.1. The van der Waals surface area contributed by atoms with Gasteiger partial charge in [0, 0.05) is 18.4 Å². The number of amides is 1. The number of aromatic nitrogens is 2. The van der Waals surface area contributed by atoms with Crippen LogP contribution in [0.5, 0.6) is 0 Å².